The van der Waals surface area contributed by atoms with Crippen LogP contribution in [-0.2, 0) is 6.42 Å². The van der Waals surface area contributed by atoms with E-state index < -0.39 is 0 Å². The number of nitrogens with one attached hydrogen (secondary N) is 1. The number of aromatic nitrogens is 2. The maximum absolute atomic E-state index is 5.30. The molecule has 0 unspecified atom stereocenters. The lowest BCUT2D eigenvalue weighted by atomic mass is 10.3. The summed E-state index contributed by atoms with van der Waals surface area (Å²) in [4.78, 5) is 5.46. The van der Waals surface area contributed by atoms with Gasteiger partial charge in [0, 0.05) is 32.4 Å². The van der Waals surface area contributed by atoms with E-state index in [1.807, 2.05) is 6.20 Å². The molecule has 0 bridgehead atoms. The Kier molecular flexibility index (Phi) is 3.11. The number of piperazine rings is 1. The minimum absolute atomic E-state index is 0.816. The van der Waals surface area contributed by atoms with Gasteiger partial charge in [-0.1, -0.05) is 6.92 Å². The third-order valence-electron chi connectivity index (χ3n) is 2.95. The number of aromatic amines is 1. The van der Waals surface area contributed by atoms with Crippen LogP contribution >= 0.6 is 12.2 Å². The van der Waals surface area contributed by atoms with Gasteiger partial charge in [-0.25, -0.2) is 4.68 Å². The van der Waals surface area contributed by atoms with Crippen molar-refractivity contribution >= 4 is 12.2 Å². The highest BCUT2D eigenvalue weighted by Gasteiger charge is 2.16. The van der Waals surface area contributed by atoms with Crippen molar-refractivity contribution in [3.8, 4) is 0 Å². The third-order valence-corrected chi connectivity index (χ3v) is 3.24. The Morgan fingerprint density at radius 3 is 2.60 bits per heavy atom. The smallest absolute Gasteiger partial charge is 0.196 e. The van der Waals surface area contributed by atoms with Gasteiger partial charge in [-0.2, -0.15) is 0 Å². The Balaban J connectivity index is 2.21. The lowest BCUT2D eigenvalue weighted by Crippen LogP contribution is -2.50. The molecule has 4 nitrogen and oxygen atoms in total. The van der Waals surface area contributed by atoms with Crippen molar-refractivity contribution in [2.45, 2.75) is 13.3 Å². The largest absolute Gasteiger partial charge is 0.336 e. The van der Waals surface area contributed by atoms with Crippen LogP contribution in [0.2, 0.25) is 0 Å². The Hall–Kier alpha value is -0.810. The van der Waals surface area contributed by atoms with Crippen molar-refractivity contribution in [3.05, 3.63) is 16.7 Å². The third kappa shape index (κ3) is 2.08. The van der Waals surface area contributed by atoms with E-state index in [-0.39, 0.29) is 0 Å². The molecule has 1 fully saturated rings. The summed E-state index contributed by atoms with van der Waals surface area (Å²) in [5.41, 5.74) is 1.27. The van der Waals surface area contributed by atoms with Crippen LogP contribution in [0.4, 0.5) is 0 Å². The lowest BCUT2D eigenvalue weighted by Gasteiger charge is -2.35. The van der Waals surface area contributed by atoms with Crippen molar-refractivity contribution in [1.29, 1.82) is 0 Å². The first-order valence-electron chi connectivity index (χ1n) is 5.45. The van der Waals surface area contributed by atoms with Gasteiger partial charge in [0.05, 0.1) is 5.69 Å². The van der Waals surface area contributed by atoms with Crippen LogP contribution < -0.4 is 5.01 Å². The summed E-state index contributed by atoms with van der Waals surface area (Å²) in [5.74, 6) is 0. The second-order valence-electron chi connectivity index (χ2n) is 4.01. The monoisotopic (exact) mass is 226 g/mol. The molecule has 0 spiro atoms. The van der Waals surface area contributed by atoms with E-state index in [0.717, 1.165) is 37.4 Å². The molecule has 2 rings (SSSR count). The average Bonchev–Trinajstić information content (AvgIpc) is 2.61. The normalized spacial score (nSPS) is 18.4. The fourth-order valence-electron chi connectivity index (χ4n) is 1.96. The fourth-order valence-corrected chi connectivity index (χ4v) is 2.25. The lowest BCUT2D eigenvalue weighted by molar-refractivity contribution is 0.285. The van der Waals surface area contributed by atoms with E-state index in [0.29, 0.717) is 0 Å². The first kappa shape index (κ1) is 10.7. The minimum Gasteiger partial charge on any atom is -0.336 e. The Morgan fingerprint density at radius 1 is 1.33 bits per heavy atom. The van der Waals surface area contributed by atoms with Gasteiger partial charge in [-0.3, -0.25) is 0 Å². The molecule has 84 valence electrons. The second-order valence-corrected chi connectivity index (χ2v) is 4.39. The number of imidazole rings is 1. The molecule has 2 heterocycles. The number of nitrogens with zero attached hydrogens (tertiary/aromatic N) is 3. The van der Waals surface area contributed by atoms with Crippen LogP contribution in [0.5, 0.6) is 0 Å². The molecule has 0 saturated carbocycles. The molecular weight excluding hydrogens is 208 g/mol. The average molecular weight is 226 g/mol. The summed E-state index contributed by atoms with van der Waals surface area (Å²) in [6.07, 6.45) is 3.03. The maximum atomic E-state index is 5.30. The van der Waals surface area contributed by atoms with Crippen LogP contribution in [0.15, 0.2) is 6.20 Å². The molecular formula is C10H18N4S. The fraction of sp³-hybridized carbons (Fsp3) is 0.700. The molecule has 0 radical (unpaired) electrons. The molecule has 1 N–H and O–H groups in total. The zero-order chi connectivity index (χ0) is 10.8. The van der Waals surface area contributed by atoms with E-state index in [9.17, 15) is 0 Å². The molecule has 0 amide bonds. The van der Waals surface area contributed by atoms with Gasteiger partial charge in [-0.05, 0) is 25.7 Å². The van der Waals surface area contributed by atoms with E-state index in [1.54, 1.807) is 0 Å². The van der Waals surface area contributed by atoms with Crippen molar-refractivity contribution in [1.82, 2.24) is 14.6 Å². The molecule has 1 aliphatic rings. The summed E-state index contributed by atoms with van der Waals surface area (Å²) < 4.78 is 2.97. The molecule has 0 aromatic carbocycles. The zero-order valence-corrected chi connectivity index (χ0v) is 10.2. The highest BCUT2D eigenvalue weighted by atomic mass is 32.1. The van der Waals surface area contributed by atoms with Crippen LogP contribution in [-0.4, -0.2) is 47.8 Å². The molecule has 0 atom stereocenters. The number of likely N-dealkylation sites (N-methyl/N-ethyl adjacent to an activating group) is 1. The highest BCUT2D eigenvalue weighted by molar-refractivity contribution is 7.71. The van der Waals surface area contributed by atoms with Crippen molar-refractivity contribution in [2.75, 3.05) is 38.2 Å². The Morgan fingerprint density at radius 2 is 2.00 bits per heavy atom. The maximum Gasteiger partial charge on any atom is 0.196 e. The van der Waals surface area contributed by atoms with E-state index in [4.69, 9.17) is 12.2 Å². The summed E-state index contributed by atoms with van der Waals surface area (Å²) in [7, 11) is 2.16. The summed E-state index contributed by atoms with van der Waals surface area (Å²) in [5, 5.41) is 2.33. The number of H-pyrrole nitrogens is 1. The van der Waals surface area contributed by atoms with Gasteiger partial charge >= 0.3 is 0 Å². The predicted molar refractivity (Wildman–Crippen MR) is 64.4 cm³/mol. The molecule has 5 heteroatoms. The van der Waals surface area contributed by atoms with Crippen molar-refractivity contribution < 1.29 is 0 Å². The molecule has 0 aliphatic carbocycles. The predicted octanol–water partition coefficient (Wildman–Crippen LogP) is 0.991. The topological polar surface area (TPSA) is 27.2 Å². The number of rotatable bonds is 2. The van der Waals surface area contributed by atoms with E-state index in [2.05, 4.69) is 33.5 Å². The quantitative estimate of drug-likeness (QED) is 0.762. The zero-order valence-electron chi connectivity index (χ0n) is 9.36. The number of hydrogen-bond donors (Lipinski definition) is 1. The van der Waals surface area contributed by atoms with Crippen LogP contribution in [0.3, 0.4) is 0 Å². The molecule has 1 aromatic rings. The summed E-state index contributed by atoms with van der Waals surface area (Å²) >= 11 is 5.30. The van der Waals surface area contributed by atoms with Crippen LogP contribution in [0.1, 0.15) is 12.6 Å². The molecule has 1 aromatic heterocycles. The molecule has 15 heavy (non-hydrogen) atoms. The molecule has 1 saturated heterocycles. The SMILES string of the molecule is CCc1c[nH]c(=S)n1N1CCN(C)CC1. The highest BCUT2D eigenvalue weighted by Crippen LogP contribution is 2.06. The standard InChI is InChI=1S/C10H18N4S/c1-3-9-8-11-10(15)14(9)13-6-4-12(2)5-7-13/h8H,3-7H2,1-2H3,(H,11,15). The van der Waals surface area contributed by atoms with Gasteiger partial charge in [0.1, 0.15) is 0 Å². The van der Waals surface area contributed by atoms with E-state index in [1.165, 1.54) is 5.69 Å². The summed E-state index contributed by atoms with van der Waals surface area (Å²) in [6.45, 7) is 6.47. The first-order valence-corrected chi connectivity index (χ1v) is 5.86. The van der Waals surface area contributed by atoms with Gasteiger partial charge < -0.3 is 14.9 Å². The van der Waals surface area contributed by atoms with Crippen molar-refractivity contribution in [3.63, 3.8) is 0 Å². The summed E-state index contributed by atoms with van der Waals surface area (Å²) in [6, 6.07) is 0. The Labute approximate surface area is 95.5 Å². The number of hydrogen-bond acceptors (Lipinski definition) is 3. The first-order chi connectivity index (χ1) is 7.22. The minimum atomic E-state index is 0.816. The van der Waals surface area contributed by atoms with Gasteiger partial charge in [0.15, 0.2) is 4.77 Å². The van der Waals surface area contributed by atoms with Gasteiger partial charge in [-0.15, -0.1) is 0 Å². The van der Waals surface area contributed by atoms with E-state index >= 15 is 0 Å². The van der Waals surface area contributed by atoms with Crippen LogP contribution in [0.25, 0.3) is 0 Å². The van der Waals surface area contributed by atoms with Crippen molar-refractivity contribution in [2.24, 2.45) is 0 Å². The molecule has 1 aliphatic heterocycles. The number of aryl methyl sites for hydroxylation is 1. The van der Waals surface area contributed by atoms with Gasteiger partial charge in [0.2, 0.25) is 0 Å². The second kappa shape index (κ2) is 4.37. The van der Waals surface area contributed by atoms with Gasteiger partial charge in [0.25, 0.3) is 0 Å². The Bertz CT molecular complexity index is 373. The van der Waals surface area contributed by atoms with Crippen LogP contribution in [0, 0.1) is 4.77 Å².